The van der Waals surface area contributed by atoms with Crippen molar-refractivity contribution in [3.63, 3.8) is 0 Å². The number of nitrogens with one attached hydrogen (secondary N) is 1. The van der Waals surface area contributed by atoms with Crippen molar-refractivity contribution in [1.29, 1.82) is 0 Å². The van der Waals surface area contributed by atoms with Crippen LogP contribution in [0.25, 0.3) is 0 Å². The molecule has 3 nitrogen and oxygen atoms in total. The molecule has 0 bridgehead atoms. The molecule has 1 aromatic carbocycles. The second-order valence-electron chi connectivity index (χ2n) is 3.31. The fourth-order valence-corrected chi connectivity index (χ4v) is 1.84. The summed E-state index contributed by atoms with van der Waals surface area (Å²) in [6.07, 6.45) is 0. The number of hydrogen-bond acceptors (Lipinski definition) is 2. The van der Waals surface area contributed by atoms with E-state index < -0.39 is 0 Å². The van der Waals surface area contributed by atoms with Gasteiger partial charge >= 0.3 is 0 Å². The number of halogens is 2. The molecule has 2 rings (SSSR count). The van der Waals surface area contributed by atoms with Gasteiger partial charge in [-0.25, -0.2) is 0 Å². The van der Waals surface area contributed by atoms with Gasteiger partial charge in [0.15, 0.2) is 0 Å². The number of carbonyl (C=O) groups is 1. The quantitative estimate of drug-likeness (QED) is 0.907. The molecule has 0 atom stereocenters. The van der Waals surface area contributed by atoms with Gasteiger partial charge in [0.05, 0.1) is 29.8 Å². The molecule has 1 fully saturated rings. The Morgan fingerprint density at radius 2 is 2.27 bits per heavy atom. The van der Waals surface area contributed by atoms with E-state index in [2.05, 4.69) is 21.2 Å². The van der Waals surface area contributed by atoms with Crippen molar-refractivity contribution in [2.75, 3.05) is 13.2 Å². The SMILES string of the molecule is O=C(NC1COC1)c1cccc(Br)c1Cl. The average Bonchev–Trinajstić information content (AvgIpc) is 2.15. The van der Waals surface area contributed by atoms with E-state index in [0.717, 1.165) is 4.47 Å². The minimum atomic E-state index is -0.158. The lowest BCUT2D eigenvalue weighted by Gasteiger charge is -2.26. The molecule has 1 aliphatic heterocycles. The first-order valence-electron chi connectivity index (χ1n) is 4.51. The maximum Gasteiger partial charge on any atom is 0.253 e. The third kappa shape index (κ3) is 2.33. The van der Waals surface area contributed by atoms with Gasteiger partial charge in [0.2, 0.25) is 0 Å². The number of ether oxygens (including phenoxy) is 1. The lowest BCUT2D eigenvalue weighted by Crippen LogP contribution is -2.48. The summed E-state index contributed by atoms with van der Waals surface area (Å²) in [5.41, 5.74) is 0.484. The van der Waals surface area contributed by atoms with Gasteiger partial charge < -0.3 is 10.1 Å². The van der Waals surface area contributed by atoms with Gasteiger partial charge in [-0.05, 0) is 28.1 Å². The van der Waals surface area contributed by atoms with Gasteiger partial charge in [0.25, 0.3) is 5.91 Å². The Labute approximate surface area is 101 Å². The van der Waals surface area contributed by atoms with Crippen LogP contribution in [0, 0.1) is 0 Å². The summed E-state index contributed by atoms with van der Waals surface area (Å²) in [6, 6.07) is 5.39. The van der Waals surface area contributed by atoms with Crippen molar-refractivity contribution in [3.05, 3.63) is 33.3 Å². The Bertz CT molecular complexity index is 393. The molecular weight excluding hydrogens is 281 g/mol. The highest BCUT2D eigenvalue weighted by Crippen LogP contribution is 2.26. The molecule has 15 heavy (non-hydrogen) atoms. The van der Waals surface area contributed by atoms with Crippen LogP contribution in [-0.4, -0.2) is 25.2 Å². The summed E-state index contributed by atoms with van der Waals surface area (Å²) in [6.45, 7) is 1.16. The van der Waals surface area contributed by atoms with Crippen LogP contribution in [0.15, 0.2) is 22.7 Å². The summed E-state index contributed by atoms with van der Waals surface area (Å²) in [5, 5.41) is 3.27. The van der Waals surface area contributed by atoms with Crippen molar-refractivity contribution < 1.29 is 9.53 Å². The molecule has 0 spiro atoms. The molecule has 1 N–H and O–H groups in total. The Hall–Kier alpha value is -0.580. The molecule has 1 heterocycles. The van der Waals surface area contributed by atoms with Gasteiger partial charge in [-0.15, -0.1) is 0 Å². The molecule has 80 valence electrons. The highest BCUT2D eigenvalue weighted by atomic mass is 79.9. The highest BCUT2D eigenvalue weighted by Gasteiger charge is 2.22. The predicted molar refractivity (Wildman–Crippen MR) is 61.2 cm³/mol. The summed E-state index contributed by atoms with van der Waals surface area (Å²) >= 11 is 9.27. The minimum Gasteiger partial charge on any atom is -0.377 e. The fourth-order valence-electron chi connectivity index (χ4n) is 1.26. The maximum absolute atomic E-state index is 11.7. The maximum atomic E-state index is 11.7. The van der Waals surface area contributed by atoms with Gasteiger partial charge in [-0.1, -0.05) is 17.7 Å². The Kier molecular flexibility index (Phi) is 3.29. The topological polar surface area (TPSA) is 38.3 Å². The zero-order chi connectivity index (χ0) is 10.8. The van der Waals surface area contributed by atoms with Gasteiger partial charge in [0, 0.05) is 4.47 Å². The molecule has 0 aliphatic carbocycles. The van der Waals surface area contributed by atoms with Gasteiger partial charge in [-0.3, -0.25) is 4.79 Å². The Balaban J connectivity index is 2.13. The van der Waals surface area contributed by atoms with E-state index >= 15 is 0 Å². The van der Waals surface area contributed by atoms with E-state index in [1.165, 1.54) is 0 Å². The lowest BCUT2D eigenvalue weighted by atomic mass is 10.2. The van der Waals surface area contributed by atoms with Crippen LogP contribution < -0.4 is 5.32 Å². The number of benzene rings is 1. The van der Waals surface area contributed by atoms with E-state index in [9.17, 15) is 4.79 Å². The van der Waals surface area contributed by atoms with Crippen molar-refractivity contribution in [3.8, 4) is 0 Å². The first-order valence-corrected chi connectivity index (χ1v) is 5.68. The van der Waals surface area contributed by atoms with Gasteiger partial charge in [0.1, 0.15) is 0 Å². The first kappa shape index (κ1) is 10.9. The largest absolute Gasteiger partial charge is 0.377 e. The predicted octanol–water partition coefficient (Wildman–Crippen LogP) is 2.23. The molecule has 1 aliphatic rings. The summed E-state index contributed by atoms with van der Waals surface area (Å²) < 4.78 is 5.69. The fraction of sp³-hybridized carbons (Fsp3) is 0.300. The molecule has 0 radical (unpaired) electrons. The van der Waals surface area contributed by atoms with Crippen LogP contribution in [0.3, 0.4) is 0 Å². The van der Waals surface area contributed by atoms with Crippen LogP contribution in [0.1, 0.15) is 10.4 Å². The number of amides is 1. The molecule has 0 unspecified atom stereocenters. The summed E-state index contributed by atoms with van der Waals surface area (Å²) in [7, 11) is 0. The molecule has 1 aromatic rings. The second kappa shape index (κ2) is 4.51. The van der Waals surface area contributed by atoms with E-state index in [-0.39, 0.29) is 11.9 Å². The highest BCUT2D eigenvalue weighted by molar-refractivity contribution is 9.10. The summed E-state index contributed by atoms with van der Waals surface area (Å²) in [4.78, 5) is 11.7. The summed E-state index contributed by atoms with van der Waals surface area (Å²) in [5.74, 6) is -0.158. The standard InChI is InChI=1S/C10H9BrClNO2/c11-8-3-1-2-7(9(8)12)10(14)13-6-4-15-5-6/h1-3,6H,4-5H2,(H,13,14). The molecule has 1 amide bonds. The van der Waals surface area contributed by atoms with E-state index in [1.54, 1.807) is 18.2 Å². The van der Waals surface area contributed by atoms with Crippen molar-refractivity contribution in [1.82, 2.24) is 5.32 Å². The molecule has 5 heteroatoms. The van der Waals surface area contributed by atoms with Crippen molar-refractivity contribution in [2.24, 2.45) is 0 Å². The third-order valence-corrected chi connectivity index (χ3v) is 3.47. The zero-order valence-electron chi connectivity index (χ0n) is 7.80. The van der Waals surface area contributed by atoms with E-state index in [1.807, 2.05) is 0 Å². The van der Waals surface area contributed by atoms with Gasteiger partial charge in [-0.2, -0.15) is 0 Å². The molecule has 0 aromatic heterocycles. The smallest absolute Gasteiger partial charge is 0.253 e. The van der Waals surface area contributed by atoms with Crippen molar-refractivity contribution in [2.45, 2.75) is 6.04 Å². The first-order chi connectivity index (χ1) is 7.18. The zero-order valence-corrected chi connectivity index (χ0v) is 10.1. The van der Waals surface area contributed by atoms with Crippen LogP contribution in [0.2, 0.25) is 5.02 Å². The van der Waals surface area contributed by atoms with Crippen LogP contribution in [0.5, 0.6) is 0 Å². The van der Waals surface area contributed by atoms with Crippen LogP contribution in [-0.2, 0) is 4.74 Å². The number of hydrogen-bond donors (Lipinski definition) is 1. The average molecular weight is 291 g/mol. The Morgan fingerprint density at radius 1 is 1.53 bits per heavy atom. The normalized spacial score (nSPS) is 15.9. The number of rotatable bonds is 2. The van der Waals surface area contributed by atoms with E-state index in [4.69, 9.17) is 16.3 Å². The number of carbonyl (C=O) groups excluding carboxylic acids is 1. The Morgan fingerprint density at radius 3 is 2.87 bits per heavy atom. The van der Waals surface area contributed by atoms with E-state index in [0.29, 0.717) is 23.8 Å². The minimum absolute atomic E-state index is 0.118. The molecule has 1 saturated heterocycles. The molecule has 0 saturated carbocycles. The second-order valence-corrected chi connectivity index (χ2v) is 4.54. The van der Waals surface area contributed by atoms with Crippen LogP contribution >= 0.6 is 27.5 Å². The third-order valence-electron chi connectivity index (χ3n) is 2.17. The lowest BCUT2D eigenvalue weighted by molar-refractivity contribution is -0.00346. The monoisotopic (exact) mass is 289 g/mol. The van der Waals surface area contributed by atoms with Crippen molar-refractivity contribution >= 4 is 33.4 Å². The van der Waals surface area contributed by atoms with Crippen LogP contribution in [0.4, 0.5) is 0 Å². The molecular formula is C10H9BrClNO2.